The van der Waals surface area contributed by atoms with Gasteiger partial charge in [0.1, 0.15) is 0 Å². The fourth-order valence-electron chi connectivity index (χ4n) is 2.29. The molecule has 1 N–H and O–H groups in total. The van der Waals surface area contributed by atoms with Crippen molar-refractivity contribution in [3.05, 3.63) is 58.7 Å². The van der Waals surface area contributed by atoms with Crippen molar-refractivity contribution in [2.45, 2.75) is 26.4 Å². The molecule has 1 aromatic heterocycles. The Hall–Kier alpha value is -1.58. The molecule has 2 rings (SSSR count). The number of pyridine rings is 1. The molecule has 0 aliphatic rings. The van der Waals surface area contributed by atoms with Gasteiger partial charge in [0, 0.05) is 23.7 Å². The summed E-state index contributed by atoms with van der Waals surface area (Å²) in [6, 6.07) is 14.1. The van der Waals surface area contributed by atoms with Crippen molar-refractivity contribution in [1.82, 2.24) is 10.3 Å². The second-order valence-electron chi connectivity index (χ2n) is 5.33. The van der Waals surface area contributed by atoms with Crippen LogP contribution in [0, 0.1) is 5.92 Å². The molecule has 0 amide bonds. The molecule has 0 spiro atoms. The van der Waals surface area contributed by atoms with E-state index >= 15 is 0 Å². The first-order chi connectivity index (χ1) is 10.1. The Morgan fingerprint density at radius 1 is 1.14 bits per heavy atom. The molecule has 1 aromatic carbocycles. The van der Waals surface area contributed by atoms with Crippen molar-refractivity contribution in [1.29, 1.82) is 0 Å². The molecule has 0 aliphatic heterocycles. The molecule has 0 bridgehead atoms. The van der Waals surface area contributed by atoms with Crippen LogP contribution in [0.1, 0.15) is 31.1 Å². The van der Waals surface area contributed by atoms with Crippen molar-refractivity contribution < 1.29 is 4.74 Å². The van der Waals surface area contributed by atoms with Crippen LogP contribution < -0.4 is 10.1 Å². The van der Waals surface area contributed by atoms with Gasteiger partial charge in [-0.15, -0.1) is 0 Å². The summed E-state index contributed by atoms with van der Waals surface area (Å²) < 4.78 is 5.15. The van der Waals surface area contributed by atoms with Gasteiger partial charge in [-0.1, -0.05) is 43.6 Å². The number of nitrogens with zero attached hydrogens (tertiary/aromatic N) is 1. The summed E-state index contributed by atoms with van der Waals surface area (Å²) in [4.78, 5) is 4.42. The summed E-state index contributed by atoms with van der Waals surface area (Å²) in [5.41, 5.74) is 2.20. The average Bonchev–Trinajstić information content (AvgIpc) is 2.49. The average molecular weight is 305 g/mol. The van der Waals surface area contributed by atoms with E-state index in [1.54, 1.807) is 7.11 Å². The molecule has 112 valence electrons. The third-order valence-corrected chi connectivity index (χ3v) is 3.64. The van der Waals surface area contributed by atoms with Gasteiger partial charge < -0.3 is 10.1 Å². The van der Waals surface area contributed by atoms with Crippen molar-refractivity contribution >= 4 is 11.6 Å². The summed E-state index contributed by atoms with van der Waals surface area (Å²) in [5.74, 6) is 1.11. The van der Waals surface area contributed by atoms with E-state index in [9.17, 15) is 0 Å². The zero-order valence-corrected chi connectivity index (χ0v) is 13.4. The Morgan fingerprint density at radius 3 is 2.48 bits per heavy atom. The molecule has 1 heterocycles. The molecule has 1 unspecified atom stereocenters. The van der Waals surface area contributed by atoms with Crippen LogP contribution in [0.15, 0.2) is 42.5 Å². The van der Waals surface area contributed by atoms with Gasteiger partial charge >= 0.3 is 0 Å². The Labute approximate surface area is 131 Å². The SMILES string of the molecule is COc1cccc(CNC(c2ccc(Cl)cc2)C(C)C)n1. The molecule has 2 aromatic rings. The van der Waals surface area contributed by atoms with Crippen LogP contribution >= 0.6 is 11.6 Å². The Kier molecular flexibility index (Phi) is 5.59. The zero-order valence-electron chi connectivity index (χ0n) is 12.6. The molecule has 0 saturated heterocycles. The highest BCUT2D eigenvalue weighted by molar-refractivity contribution is 6.30. The van der Waals surface area contributed by atoms with Crippen molar-refractivity contribution in [2.24, 2.45) is 5.92 Å². The van der Waals surface area contributed by atoms with Gasteiger partial charge in [-0.3, -0.25) is 0 Å². The maximum Gasteiger partial charge on any atom is 0.213 e. The third kappa shape index (κ3) is 4.45. The van der Waals surface area contributed by atoms with Gasteiger partial charge in [0.05, 0.1) is 12.8 Å². The predicted molar refractivity (Wildman–Crippen MR) is 86.7 cm³/mol. The standard InChI is InChI=1S/C17H21ClN2O/c1-12(2)17(13-7-9-14(18)10-8-13)19-11-15-5-4-6-16(20-15)21-3/h4-10,12,17,19H,11H2,1-3H3. The zero-order chi connectivity index (χ0) is 15.2. The van der Waals surface area contributed by atoms with Crippen LogP contribution in [0.2, 0.25) is 5.02 Å². The second-order valence-corrected chi connectivity index (χ2v) is 5.76. The number of methoxy groups -OCH3 is 1. The van der Waals surface area contributed by atoms with Crippen LogP contribution in [0.3, 0.4) is 0 Å². The quantitative estimate of drug-likeness (QED) is 0.867. The first-order valence-corrected chi connectivity index (χ1v) is 7.46. The lowest BCUT2D eigenvalue weighted by molar-refractivity contribution is 0.388. The van der Waals surface area contributed by atoms with Gasteiger partial charge in [0.25, 0.3) is 0 Å². The van der Waals surface area contributed by atoms with E-state index < -0.39 is 0 Å². The highest BCUT2D eigenvalue weighted by atomic mass is 35.5. The largest absolute Gasteiger partial charge is 0.481 e. The van der Waals surface area contributed by atoms with E-state index in [-0.39, 0.29) is 6.04 Å². The fraction of sp³-hybridized carbons (Fsp3) is 0.353. The number of hydrogen-bond acceptors (Lipinski definition) is 3. The van der Waals surface area contributed by atoms with Gasteiger partial charge in [-0.05, 0) is 29.7 Å². The van der Waals surface area contributed by atoms with Gasteiger partial charge in [0.15, 0.2) is 0 Å². The molecule has 0 radical (unpaired) electrons. The van der Waals surface area contributed by atoms with E-state index in [4.69, 9.17) is 16.3 Å². The lowest BCUT2D eigenvalue weighted by Gasteiger charge is -2.23. The molecule has 0 fully saturated rings. The topological polar surface area (TPSA) is 34.1 Å². The first kappa shape index (κ1) is 15.8. The lowest BCUT2D eigenvalue weighted by Crippen LogP contribution is -2.25. The minimum atomic E-state index is 0.260. The van der Waals surface area contributed by atoms with Crippen molar-refractivity contribution in [3.8, 4) is 5.88 Å². The molecule has 21 heavy (non-hydrogen) atoms. The van der Waals surface area contributed by atoms with Crippen LogP contribution in [-0.4, -0.2) is 12.1 Å². The smallest absolute Gasteiger partial charge is 0.213 e. The molecule has 3 nitrogen and oxygen atoms in total. The Morgan fingerprint density at radius 2 is 1.86 bits per heavy atom. The Bertz CT molecular complexity index is 569. The summed E-state index contributed by atoms with van der Waals surface area (Å²) in [7, 11) is 1.63. The van der Waals surface area contributed by atoms with E-state index in [1.165, 1.54) is 5.56 Å². The number of hydrogen-bond donors (Lipinski definition) is 1. The third-order valence-electron chi connectivity index (χ3n) is 3.39. The monoisotopic (exact) mass is 304 g/mol. The second kappa shape index (κ2) is 7.43. The number of rotatable bonds is 6. The van der Waals surface area contributed by atoms with Crippen molar-refractivity contribution in [3.63, 3.8) is 0 Å². The fourth-order valence-corrected chi connectivity index (χ4v) is 2.42. The van der Waals surface area contributed by atoms with Crippen molar-refractivity contribution in [2.75, 3.05) is 7.11 Å². The van der Waals surface area contributed by atoms with Crippen LogP contribution in [0.4, 0.5) is 0 Å². The highest BCUT2D eigenvalue weighted by Crippen LogP contribution is 2.23. The maximum atomic E-state index is 5.96. The maximum absolute atomic E-state index is 5.96. The number of aromatic nitrogens is 1. The van der Waals surface area contributed by atoms with E-state index in [0.29, 0.717) is 18.3 Å². The van der Waals surface area contributed by atoms with E-state index in [2.05, 4.69) is 36.3 Å². The van der Waals surface area contributed by atoms with E-state index in [0.717, 1.165) is 10.7 Å². The minimum absolute atomic E-state index is 0.260. The Balaban J connectivity index is 2.08. The van der Waals surface area contributed by atoms with Crippen LogP contribution in [0.5, 0.6) is 5.88 Å². The molecular weight excluding hydrogens is 284 g/mol. The summed E-state index contributed by atoms with van der Waals surface area (Å²) >= 11 is 5.96. The molecule has 4 heteroatoms. The number of nitrogens with one attached hydrogen (secondary N) is 1. The molecular formula is C17H21ClN2O. The summed E-state index contributed by atoms with van der Waals surface area (Å²) in [6.45, 7) is 5.10. The van der Waals surface area contributed by atoms with E-state index in [1.807, 2.05) is 30.3 Å². The molecule has 0 aliphatic carbocycles. The summed E-state index contributed by atoms with van der Waals surface area (Å²) in [6.07, 6.45) is 0. The molecule has 1 atom stereocenters. The first-order valence-electron chi connectivity index (χ1n) is 7.09. The molecule has 0 saturated carbocycles. The van der Waals surface area contributed by atoms with Crippen LogP contribution in [-0.2, 0) is 6.54 Å². The van der Waals surface area contributed by atoms with Gasteiger partial charge in [0.2, 0.25) is 5.88 Å². The number of halogens is 1. The van der Waals surface area contributed by atoms with Crippen LogP contribution in [0.25, 0.3) is 0 Å². The minimum Gasteiger partial charge on any atom is -0.481 e. The van der Waals surface area contributed by atoms with Gasteiger partial charge in [-0.2, -0.15) is 0 Å². The predicted octanol–water partition coefficient (Wildman–Crippen LogP) is 4.23. The normalized spacial score (nSPS) is 12.4. The lowest BCUT2D eigenvalue weighted by atomic mass is 9.96. The van der Waals surface area contributed by atoms with Gasteiger partial charge in [-0.25, -0.2) is 4.98 Å². The highest BCUT2D eigenvalue weighted by Gasteiger charge is 2.15. The summed E-state index contributed by atoms with van der Waals surface area (Å²) in [5, 5.41) is 4.32. The number of benzene rings is 1. The number of ether oxygens (including phenoxy) is 1.